The summed E-state index contributed by atoms with van der Waals surface area (Å²) in [5.41, 5.74) is 0.0789. The van der Waals surface area contributed by atoms with Gasteiger partial charge in [-0.15, -0.1) is 0 Å². The number of carbonyl (C=O) groups is 2. The molecule has 1 amide bonds. The molecular formula is C23H31NO7. The van der Waals surface area contributed by atoms with Crippen molar-refractivity contribution in [2.24, 2.45) is 17.3 Å². The van der Waals surface area contributed by atoms with Crippen LogP contribution in [0.5, 0.6) is 0 Å². The predicted octanol–water partition coefficient (Wildman–Crippen LogP) is 3.00. The lowest BCUT2D eigenvalue weighted by molar-refractivity contribution is -0.475. The molecule has 3 aliphatic heterocycles. The smallest absolute Gasteiger partial charge is 0.407 e. The van der Waals surface area contributed by atoms with E-state index in [4.69, 9.17) is 23.7 Å². The SMILES string of the molecule is CC12COC([C@@H](NC(=O)OCc3ccccc3)[C@H]3C[C@@H]3C(=O)OC(C)(C)C)(OC1)OC2. The number of hydrogen-bond donors (Lipinski definition) is 1. The summed E-state index contributed by atoms with van der Waals surface area (Å²) in [5, 5.41) is 2.85. The minimum atomic E-state index is -1.43. The largest absolute Gasteiger partial charge is 0.460 e. The lowest BCUT2D eigenvalue weighted by Gasteiger charge is -2.53. The number of carbonyl (C=O) groups excluding carboxylic acids is 2. The maximum atomic E-state index is 12.6. The van der Waals surface area contributed by atoms with Crippen LogP contribution in [-0.4, -0.2) is 49.5 Å². The van der Waals surface area contributed by atoms with Crippen LogP contribution in [0.4, 0.5) is 4.79 Å². The molecule has 1 N–H and O–H groups in total. The second kappa shape index (κ2) is 8.07. The first-order valence-electron chi connectivity index (χ1n) is 10.7. The van der Waals surface area contributed by atoms with E-state index in [-0.39, 0.29) is 29.8 Å². The number of nitrogens with one attached hydrogen (secondary N) is 1. The lowest BCUT2D eigenvalue weighted by Crippen LogP contribution is -2.68. The van der Waals surface area contributed by atoms with Gasteiger partial charge in [-0.05, 0) is 32.8 Å². The Morgan fingerprint density at radius 1 is 1.13 bits per heavy atom. The van der Waals surface area contributed by atoms with E-state index in [1.54, 1.807) is 0 Å². The fourth-order valence-electron chi connectivity index (χ4n) is 3.92. The molecule has 1 aromatic carbocycles. The number of alkyl carbamates (subject to hydrolysis) is 1. The number of benzene rings is 1. The zero-order valence-electron chi connectivity index (χ0n) is 18.5. The Morgan fingerprint density at radius 3 is 2.32 bits per heavy atom. The van der Waals surface area contributed by atoms with Crippen molar-refractivity contribution in [2.45, 2.75) is 58.3 Å². The second-order valence-electron chi connectivity index (χ2n) is 10.0. The highest BCUT2D eigenvalue weighted by atomic mass is 16.9. The van der Waals surface area contributed by atoms with Gasteiger partial charge in [-0.1, -0.05) is 37.3 Å². The third-order valence-corrected chi connectivity index (χ3v) is 5.71. The van der Waals surface area contributed by atoms with Crippen LogP contribution in [0.3, 0.4) is 0 Å². The highest BCUT2D eigenvalue weighted by Crippen LogP contribution is 2.50. The van der Waals surface area contributed by atoms with Crippen molar-refractivity contribution < 1.29 is 33.3 Å². The van der Waals surface area contributed by atoms with Crippen LogP contribution >= 0.6 is 0 Å². The third-order valence-electron chi connectivity index (χ3n) is 5.71. The first-order chi connectivity index (χ1) is 14.6. The van der Waals surface area contributed by atoms with Crippen molar-refractivity contribution in [3.05, 3.63) is 35.9 Å². The van der Waals surface area contributed by atoms with E-state index < -0.39 is 23.7 Å². The Labute approximate surface area is 182 Å². The van der Waals surface area contributed by atoms with E-state index in [2.05, 4.69) is 5.32 Å². The van der Waals surface area contributed by atoms with Crippen LogP contribution in [-0.2, 0) is 35.1 Å². The Bertz CT molecular complexity index is 794. The molecule has 0 unspecified atom stereocenters. The molecule has 3 atom stereocenters. The molecule has 5 rings (SSSR count). The minimum Gasteiger partial charge on any atom is -0.460 e. The molecule has 4 fully saturated rings. The molecule has 0 aromatic heterocycles. The number of esters is 1. The molecule has 1 aromatic rings. The van der Waals surface area contributed by atoms with Gasteiger partial charge < -0.3 is 29.0 Å². The average Bonchev–Trinajstić information content (AvgIpc) is 3.52. The molecule has 2 bridgehead atoms. The quantitative estimate of drug-likeness (QED) is 0.690. The normalized spacial score (nSPS) is 32.8. The topological polar surface area (TPSA) is 92.3 Å². The molecule has 0 spiro atoms. The summed E-state index contributed by atoms with van der Waals surface area (Å²) in [7, 11) is 0. The zero-order chi connectivity index (χ0) is 22.3. The van der Waals surface area contributed by atoms with Crippen molar-refractivity contribution >= 4 is 12.1 Å². The van der Waals surface area contributed by atoms with Gasteiger partial charge in [0.05, 0.1) is 25.7 Å². The molecule has 8 nitrogen and oxygen atoms in total. The molecule has 8 heteroatoms. The van der Waals surface area contributed by atoms with Gasteiger partial charge >= 0.3 is 18.0 Å². The summed E-state index contributed by atoms with van der Waals surface area (Å²) in [5.74, 6) is -2.32. The molecule has 3 saturated heterocycles. The van der Waals surface area contributed by atoms with Gasteiger partial charge in [-0.25, -0.2) is 4.79 Å². The first-order valence-corrected chi connectivity index (χ1v) is 10.7. The Morgan fingerprint density at radius 2 is 1.74 bits per heavy atom. The first kappa shape index (κ1) is 22.0. The van der Waals surface area contributed by atoms with Crippen molar-refractivity contribution in [2.75, 3.05) is 19.8 Å². The fourth-order valence-corrected chi connectivity index (χ4v) is 3.92. The molecule has 1 saturated carbocycles. The molecule has 4 aliphatic rings. The van der Waals surface area contributed by atoms with E-state index in [1.165, 1.54) is 0 Å². The maximum absolute atomic E-state index is 12.6. The summed E-state index contributed by atoms with van der Waals surface area (Å²) >= 11 is 0. The van der Waals surface area contributed by atoms with Gasteiger partial charge in [0, 0.05) is 11.3 Å². The monoisotopic (exact) mass is 433 g/mol. The third kappa shape index (κ3) is 5.02. The second-order valence-corrected chi connectivity index (χ2v) is 10.0. The molecule has 0 radical (unpaired) electrons. The highest BCUT2D eigenvalue weighted by Gasteiger charge is 2.63. The number of ether oxygens (including phenoxy) is 5. The van der Waals surface area contributed by atoms with Gasteiger partial charge in [0.1, 0.15) is 18.2 Å². The number of hydrogen-bond acceptors (Lipinski definition) is 7. The summed E-state index contributed by atoms with van der Waals surface area (Å²) < 4.78 is 28.8. The standard InChI is InChI=1S/C23H31NO7/c1-21(2,3)31-19(25)17-10-16(17)18(23-28-12-22(4,13-29-23)14-30-23)24-20(26)27-11-15-8-6-5-7-9-15/h5-9,16-18H,10-14H2,1-4H3,(H,24,26)/t16-,17-,18-,22?,23?/m0/s1. The van der Waals surface area contributed by atoms with Crippen LogP contribution in [0.15, 0.2) is 30.3 Å². The van der Waals surface area contributed by atoms with Gasteiger partial charge in [-0.2, -0.15) is 0 Å². The molecule has 3 heterocycles. The Kier molecular flexibility index (Phi) is 5.74. The summed E-state index contributed by atoms with van der Waals surface area (Å²) in [6, 6.07) is 8.71. The van der Waals surface area contributed by atoms with Gasteiger partial charge in [0.2, 0.25) is 0 Å². The highest BCUT2D eigenvalue weighted by molar-refractivity contribution is 5.77. The number of rotatable bonds is 6. The van der Waals surface area contributed by atoms with E-state index in [1.807, 2.05) is 58.0 Å². The lowest BCUT2D eigenvalue weighted by atomic mass is 9.90. The van der Waals surface area contributed by atoms with Crippen LogP contribution in [0.2, 0.25) is 0 Å². The average molecular weight is 434 g/mol. The Balaban J connectivity index is 1.45. The van der Waals surface area contributed by atoms with Gasteiger partial charge in [0.15, 0.2) is 0 Å². The van der Waals surface area contributed by atoms with Crippen LogP contribution in [0.1, 0.15) is 39.7 Å². The van der Waals surface area contributed by atoms with Gasteiger partial charge in [0.25, 0.3) is 0 Å². The number of fused-ring (bicyclic) bond motifs is 3. The zero-order valence-corrected chi connectivity index (χ0v) is 18.5. The molecule has 170 valence electrons. The summed E-state index contributed by atoms with van der Waals surface area (Å²) in [6.45, 7) is 9.00. The van der Waals surface area contributed by atoms with E-state index in [0.29, 0.717) is 26.2 Å². The molecule has 31 heavy (non-hydrogen) atoms. The minimum absolute atomic E-state index is 0.132. The Hall–Kier alpha value is -2.16. The van der Waals surface area contributed by atoms with E-state index >= 15 is 0 Å². The van der Waals surface area contributed by atoms with Gasteiger partial charge in [-0.3, -0.25) is 4.79 Å². The van der Waals surface area contributed by atoms with Crippen LogP contribution < -0.4 is 5.32 Å². The molecule has 1 aliphatic carbocycles. The number of amides is 1. The molecular weight excluding hydrogens is 402 g/mol. The predicted molar refractivity (Wildman–Crippen MR) is 110 cm³/mol. The summed E-state index contributed by atoms with van der Waals surface area (Å²) in [6.07, 6.45) is -0.0686. The summed E-state index contributed by atoms with van der Waals surface area (Å²) in [4.78, 5) is 25.2. The fraction of sp³-hybridized carbons (Fsp3) is 0.652. The van der Waals surface area contributed by atoms with Crippen molar-refractivity contribution in [1.29, 1.82) is 0 Å². The van der Waals surface area contributed by atoms with E-state index in [9.17, 15) is 9.59 Å². The maximum Gasteiger partial charge on any atom is 0.407 e. The van der Waals surface area contributed by atoms with Crippen molar-refractivity contribution in [3.63, 3.8) is 0 Å². The van der Waals surface area contributed by atoms with E-state index in [0.717, 1.165) is 5.56 Å². The van der Waals surface area contributed by atoms with Crippen LogP contribution in [0.25, 0.3) is 0 Å². The van der Waals surface area contributed by atoms with Crippen LogP contribution in [0, 0.1) is 17.3 Å². The van der Waals surface area contributed by atoms with Crippen molar-refractivity contribution in [1.82, 2.24) is 5.32 Å². The van der Waals surface area contributed by atoms with Crippen molar-refractivity contribution in [3.8, 4) is 0 Å².